The highest BCUT2D eigenvalue weighted by atomic mass is 14.2. The van der Waals surface area contributed by atoms with Crippen LogP contribution in [0, 0.1) is 12.0 Å². The van der Waals surface area contributed by atoms with Crippen molar-refractivity contribution in [2.75, 3.05) is 0 Å². The van der Waals surface area contributed by atoms with Crippen LogP contribution < -0.4 is 0 Å². The van der Waals surface area contributed by atoms with E-state index >= 15 is 0 Å². The molecule has 1 aromatic carbocycles. The molecule has 0 N–H and O–H groups in total. The van der Waals surface area contributed by atoms with Gasteiger partial charge in [-0.1, -0.05) is 94.9 Å². The molecule has 0 heteroatoms. The first-order valence-corrected chi connectivity index (χ1v) is 10.1. The molecule has 0 heterocycles. The molecule has 0 fully saturated rings. The van der Waals surface area contributed by atoms with Gasteiger partial charge in [0.1, 0.15) is 0 Å². The summed E-state index contributed by atoms with van der Waals surface area (Å²) >= 11 is 0. The van der Waals surface area contributed by atoms with Gasteiger partial charge < -0.3 is 0 Å². The molecule has 24 heavy (non-hydrogen) atoms. The van der Waals surface area contributed by atoms with Crippen LogP contribution in [0.4, 0.5) is 0 Å². The molecule has 0 nitrogen and oxygen atoms in total. The van der Waals surface area contributed by atoms with Crippen LogP contribution in [-0.4, -0.2) is 0 Å². The second kappa shape index (κ2) is 13.0. The lowest BCUT2D eigenvalue weighted by atomic mass is 9.85. The van der Waals surface area contributed by atoms with E-state index in [4.69, 9.17) is 0 Å². The summed E-state index contributed by atoms with van der Waals surface area (Å²) in [6, 6.07) is 10.7. The second-order valence-electron chi connectivity index (χ2n) is 6.95. The van der Waals surface area contributed by atoms with E-state index < -0.39 is 0 Å². The Morgan fingerprint density at radius 3 is 2.04 bits per heavy atom. The minimum absolute atomic E-state index is 0.733. The molecule has 0 aliphatic heterocycles. The molecule has 0 atom stereocenters. The van der Waals surface area contributed by atoms with E-state index in [0.717, 1.165) is 5.92 Å². The van der Waals surface area contributed by atoms with Crippen molar-refractivity contribution >= 4 is 5.57 Å². The van der Waals surface area contributed by atoms with E-state index in [1.165, 1.54) is 68.9 Å². The van der Waals surface area contributed by atoms with Crippen molar-refractivity contribution in [3.8, 4) is 0 Å². The third-order valence-corrected chi connectivity index (χ3v) is 4.81. The maximum absolute atomic E-state index is 3.73. The van der Waals surface area contributed by atoms with Gasteiger partial charge in [0.05, 0.1) is 0 Å². The molecule has 0 aliphatic rings. The Hall–Kier alpha value is -1.30. The lowest BCUT2D eigenvalue weighted by Crippen LogP contribution is -2.05. The van der Waals surface area contributed by atoms with Crippen molar-refractivity contribution in [1.29, 1.82) is 0 Å². The van der Waals surface area contributed by atoms with Crippen molar-refractivity contribution < 1.29 is 0 Å². The maximum Gasteiger partial charge on any atom is -0.0187 e. The summed E-state index contributed by atoms with van der Waals surface area (Å²) in [5.41, 5.74) is 4.18. The van der Waals surface area contributed by atoms with Gasteiger partial charge in [0.2, 0.25) is 0 Å². The molecular formula is C24H37. The number of hydrogen-bond donors (Lipinski definition) is 0. The lowest BCUT2D eigenvalue weighted by Gasteiger charge is -2.20. The molecule has 0 bridgehead atoms. The number of rotatable bonds is 12. The number of benzene rings is 1. The fraction of sp³-hybridized carbons (Fsp3) is 0.583. The van der Waals surface area contributed by atoms with Crippen molar-refractivity contribution in [3.05, 3.63) is 53.6 Å². The first-order valence-electron chi connectivity index (χ1n) is 10.1. The third-order valence-electron chi connectivity index (χ3n) is 4.81. The van der Waals surface area contributed by atoms with E-state index in [1.807, 2.05) is 0 Å². The zero-order valence-electron chi connectivity index (χ0n) is 16.4. The fourth-order valence-electron chi connectivity index (χ4n) is 3.14. The molecule has 133 valence electrons. The highest BCUT2D eigenvalue weighted by Crippen LogP contribution is 2.28. The predicted octanol–water partition coefficient (Wildman–Crippen LogP) is 8.01. The van der Waals surface area contributed by atoms with E-state index in [-0.39, 0.29) is 0 Å². The van der Waals surface area contributed by atoms with E-state index in [2.05, 4.69) is 70.2 Å². The lowest BCUT2D eigenvalue weighted by molar-refractivity contribution is 0.458. The van der Waals surface area contributed by atoms with Crippen LogP contribution in [0.3, 0.4) is 0 Å². The van der Waals surface area contributed by atoms with Crippen molar-refractivity contribution in [1.82, 2.24) is 0 Å². The van der Waals surface area contributed by atoms with Gasteiger partial charge in [-0.05, 0) is 55.7 Å². The minimum Gasteiger partial charge on any atom is -0.0654 e. The zero-order valence-corrected chi connectivity index (χ0v) is 16.4. The summed E-state index contributed by atoms with van der Waals surface area (Å²) in [6.07, 6.45) is 17.7. The molecule has 0 aromatic heterocycles. The molecule has 1 aromatic rings. The van der Waals surface area contributed by atoms with E-state index in [9.17, 15) is 0 Å². The summed E-state index contributed by atoms with van der Waals surface area (Å²) in [4.78, 5) is 0. The Bertz CT molecular complexity index is 470. The smallest absolute Gasteiger partial charge is 0.0187 e. The Morgan fingerprint density at radius 2 is 1.50 bits per heavy atom. The Kier molecular flexibility index (Phi) is 11.3. The zero-order chi connectivity index (χ0) is 17.6. The molecule has 0 aliphatic carbocycles. The summed E-state index contributed by atoms with van der Waals surface area (Å²) in [7, 11) is 0. The van der Waals surface area contributed by atoms with Crippen LogP contribution in [0.1, 0.15) is 91.0 Å². The van der Waals surface area contributed by atoms with Crippen LogP contribution in [0.15, 0.2) is 42.0 Å². The van der Waals surface area contributed by atoms with Gasteiger partial charge in [0.25, 0.3) is 0 Å². The molecule has 0 amide bonds. The molecule has 0 spiro atoms. The Labute approximate surface area is 151 Å². The van der Waals surface area contributed by atoms with Crippen LogP contribution in [0.2, 0.25) is 0 Å². The van der Waals surface area contributed by atoms with Gasteiger partial charge in [-0.15, -0.1) is 0 Å². The largest absolute Gasteiger partial charge is 0.0654 e. The standard InChI is InChI=1S/C24H37/c1-5-8-14-23(15-9-6-2)24(16-10-7-3)20-19-21(4)22-17-12-11-13-18-22/h11-13,17-19,23H,5-10,14-16H2,1-4H3. The van der Waals surface area contributed by atoms with Gasteiger partial charge in [0.15, 0.2) is 0 Å². The van der Waals surface area contributed by atoms with Crippen molar-refractivity contribution in [2.24, 2.45) is 5.92 Å². The van der Waals surface area contributed by atoms with Crippen LogP contribution in [0.5, 0.6) is 0 Å². The summed E-state index contributed by atoms with van der Waals surface area (Å²) < 4.78 is 0. The highest BCUT2D eigenvalue weighted by Gasteiger charge is 2.13. The third kappa shape index (κ3) is 7.99. The van der Waals surface area contributed by atoms with Gasteiger partial charge >= 0.3 is 0 Å². The second-order valence-corrected chi connectivity index (χ2v) is 6.95. The average Bonchev–Trinajstić information content (AvgIpc) is 2.63. The predicted molar refractivity (Wildman–Crippen MR) is 109 cm³/mol. The Morgan fingerprint density at radius 1 is 0.917 bits per heavy atom. The average molecular weight is 326 g/mol. The van der Waals surface area contributed by atoms with Crippen molar-refractivity contribution in [2.45, 2.75) is 85.5 Å². The number of allylic oxidation sites excluding steroid dienone is 4. The monoisotopic (exact) mass is 325 g/mol. The van der Waals surface area contributed by atoms with Crippen LogP contribution in [-0.2, 0) is 0 Å². The first kappa shape index (κ1) is 20.7. The van der Waals surface area contributed by atoms with Gasteiger partial charge in [0, 0.05) is 0 Å². The molecular weight excluding hydrogens is 288 g/mol. The highest BCUT2D eigenvalue weighted by molar-refractivity contribution is 5.64. The van der Waals surface area contributed by atoms with Gasteiger partial charge in [-0.2, -0.15) is 0 Å². The van der Waals surface area contributed by atoms with Crippen LogP contribution >= 0.6 is 0 Å². The Balaban J connectivity index is 2.93. The van der Waals surface area contributed by atoms with E-state index in [0.29, 0.717) is 0 Å². The van der Waals surface area contributed by atoms with Crippen LogP contribution in [0.25, 0.3) is 5.57 Å². The molecule has 0 unspecified atom stereocenters. The topological polar surface area (TPSA) is 0 Å². The SMILES string of the molecule is CCCCC(=[C]C=C(C)c1ccccc1)C(CCCC)CCCC. The van der Waals surface area contributed by atoms with E-state index in [1.54, 1.807) is 5.57 Å². The summed E-state index contributed by atoms with van der Waals surface area (Å²) in [6.45, 7) is 9.09. The normalized spacial score (nSPS) is 12.9. The quantitative estimate of drug-likeness (QED) is 0.341. The van der Waals surface area contributed by atoms with Gasteiger partial charge in [-0.25, -0.2) is 0 Å². The minimum atomic E-state index is 0.733. The number of hydrogen-bond acceptors (Lipinski definition) is 0. The molecule has 0 saturated heterocycles. The summed E-state index contributed by atoms with van der Waals surface area (Å²) in [5.74, 6) is 0.733. The first-order chi connectivity index (χ1) is 11.7. The molecule has 1 radical (unpaired) electrons. The number of unbranched alkanes of at least 4 members (excludes halogenated alkanes) is 3. The fourth-order valence-corrected chi connectivity index (χ4v) is 3.14. The molecule has 1 rings (SSSR count). The van der Waals surface area contributed by atoms with Gasteiger partial charge in [-0.3, -0.25) is 0 Å². The summed E-state index contributed by atoms with van der Waals surface area (Å²) in [5, 5.41) is 0. The maximum atomic E-state index is 3.73. The molecule has 0 saturated carbocycles. The van der Waals surface area contributed by atoms with Crippen molar-refractivity contribution in [3.63, 3.8) is 0 Å².